The van der Waals surface area contributed by atoms with Crippen LogP contribution >= 0.6 is 0 Å². The van der Waals surface area contributed by atoms with Gasteiger partial charge in [0.2, 0.25) is 0 Å². The van der Waals surface area contributed by atoms with Gasteiger partial charge in [0.25, 0.3) is 5.91 Å². The molecule has 0 heterocycles. The molecule has 0 saturated heterocycles. The number of nitrogens with one attached hydrogen (secondary N) is 1. The SMILES string of the molecule is C[C@H](OC(=O)C1CCC1)C(=O)Nc1ccccc1F. The number of hydrogen-bond acceptors (Lipinski definition) is 3. The molecule has 0 aliphatic heterocycles. The van der Waals surface area contributed by atoms with Gasteiger partial charge in [-0.3, -0.25) is 9.59 Å². The summed E-state index contributed by atoms with van der Waals surface area (Å²) in [5.41, 5.74) is 0.0824. The lowest BCUT2D eigenvalue weighted by atomic mass is 9.86. The van der Waals surface area contributed by atoms with Gasteiger partial charge in [0.1, 0.15) is 5.82 Å². The van der Waals surface area contributed by atoms with Gasteiger partial charge in [-0.1, -0.05) is 18.6 Å². The number of esters is 1. The quantitative estimate of drug-likeness (QED) is 0.851. The van der Waals surface area contributed by atoms with E-state index in [1.165, 1.54) is 25.1 Å². The molecule has 0 unspecified atom stereocenters. The number of rotatable bonds is 4. The predicted octanol–water partition coefficient (Wildman–Crippen LogP) is 2.50. The lowest BCUT2D eigenvalue weighted by molar-refractivity contribution is -0.159. The van der Waals surface area contributed by atoms with E-state index in [2.05, 4.69) is 5.32 Å². The Hall–Kier alpha value is -1.91. The molecule has 1 aromatic rings. The van der Waals surface area contributed by atoms with Crippen LogP contribution in [0, 0.1) is 11.7 Å². The highest BCUT2D eigenvalue weighted by Gasteiger charge is 2.29. The van der Waals surface area contributed by atoms with E-state index in [0.29, 0.717) is 0 Å². The zero-order chi connectivity index (χ0) is 13.8. The second kappa shape index (κ2) is 5.82. The minimum atomic E-state index is -0.923. The molecule has 0 radical (unpaired) electrons. The summed E-state index contributed by atoms with van der Waals surface area (Å²) in [6.45, 7) is 1.48. The van der Waals surface area contributed by atoms with Gasteiger partial charge < -0.3 is 10.1 Å². The first kappa shape index (κ1) is 13.5. The van der Waals surface area contributed by atoms with Crippen LogP contribution in [0.2, 0.25) is 0 Å². The molecule has 0 aromatic heterocycles. The van der Waals surface area contributed by atoms with Crippen molar-refractivity contribution in [1.82, 2.24) is 0 Å². The highest BCUT2D eigenvalue weighted by molar-refractivity contribution is 5.95. The number of hydrogen-bond donors (Lipinski definition) is 1. The first-order chi connectivity index (χ1) is 9.08. The topological polar surface area (TPSA) is 55.4 Å². The molecule has 1 fully saturated rings. The van der Waals surface area contributed by atoms with E-state index in [1.54, 1.807) is 6.07 Å². The van der Waals surface area contributed by atoms with Crippen molar-refractivity contribution in [3.63, 3.8) is 0 Å². The van der Waals surface area contributed by atoms with E-state index >= 15 is 0 Å². The van der Waals surface area contributed by atoms with Crippen molar-refractivity contribution >= 4 is 17.6 Å². The molecule has 1 N–H and O–H groups in total. The lowest BCUT2D eigenvalue weighted by Gasteiger charge is -2.24. The largest absolute Gasteiger partial charge is 0.452 e. The van der Waals surface area contributed by atoms with Crippen LogP contribution in [0.5, 0.6) is 0 Å². The standard InChI is InChI=1S/C14H16FNO3/c1-9(19-14(18)10-5-4-6-10)13(17)16-12-8-3-2-7-11(12)15/h2-3,7-10H,4-6H2,1H3,(H,16,17)/t9-/m0/s1. The number of ether oxygens (including phenoxy) is 1. The van der Waals surface area contributed by atoms with E-state index < -0.39 is 17.8 Å². The number of amides is 1. The lowest BCUT2D eigenvalue weighted by Crippen LogP contribution is -2.34. The maximum Gasteiger partial charge on any atom is 0.309 e. The van der Waals surface area contributed by atoms with Crippen LogP contribution in [0.15, 0.2) is 24.3 Å². The van der Waals surface area contributed by atoms with E-state index in [4.69, 9.17) is 4.74 Å². The van der Waals surface area contributed by atoms with Crippen LogP contribution in [0.4, 0.5) is 10.1 Å². The van der Waals surface area contributed by atoms with Crippen molar-refractivity contribution in [1.29, 1.82) is 0 Å². The maximum absolute atomic E-state index is 13.3. The van der Waals surface area contributed by atoms with Crippen molar-refractivity contribution in [2.45, 2.75) is 32.3 Å². The van der Waals surface area contributed by atoms with E-state index in [9.17, 15) is 14.0 Å². The molecule has 0 spiro atoms. The molecule has 4 nitrogen and oxygen atoms in total. The molecule has 1 aliphatic rings. The van der Waals surface area contributed by atoms with Gasteiger partial charge in [-0.05, 0) is 31.9 Å². The van der Waals surface area contributed by atoms with E-state index in [0.717, 1.165) is 19.3 Å². The third-order valence-electron chi connectivity index (χ3n) is 3.23. The zero-order valence-electron chi connectivity index (χ0n) is 10.7. The van der Waals surface area contributed by atoms with Crippen LogP contribution < -0.4 is 5.32 Å². The molecule has 5 heteroatoms. The van der Waals surface area contributed by atoms with Crippen molar-refractivity contribution in [3.8, 4) is 0 Å². The van der Waals surface area contributed by atoms with Crippen molar-refractivity contribution < 1.29 is 18.7 Å². The molecule has 19 heavy (non-hydrogen) atoms. The van der Waals surface area contributed by atoms with Crippen LogP contribution in [-0.2, 0) is 14.3 Å². The van der Waals surface area contributed by atoms with Crippen molar-refractivity contribution in [3.05, 3.63) is 30.1 Å². The van der Waals surface area contributed by atoms with Crippen LogP contribution in [0.25, 0.3) is 0 Å². The van der Waals surface area contributed by atoms with Gasteiger partial charge in [-0.25, -0.2) is 4.39 Å². The number of halogens is 1. The summed E-state index contributed by atoms with van der Waals surface area (Å²) in [4.78, 5) is 23.4. The minimum absolute atomic E-state index is 0.0799. The highest BCUT2D eigenvalue weighted by atomic mass is 19.1. The highest BCUT2D eigenvalue weighted by Crippen LogP contribution is 2.27. The van der Waals surface area contributed by atoms with Crippen molar-refractivity contribution in [2.75, 3.05) is 5.32 Å². The second-order valence-electron chi connectivity index (χ2n) is 4.68. The van der Waals surface area contributed by atoms with Gasteiger partial charge in [-0.15, -0.1) is 0 Å². The Morgan fingerprint density at radius 2 is 2.05 bits per heavy atom. The Kier molecular flexibility index (Phi) is 4.14. The summed E-state index contributed by atoms with van der Waals surface area (Å²) in [6.07, 6.45) is 1.74. The summed E-state index contributed by atoms with van der Waals surface area (Å²) >= 11 is 0. The first-order valence-corrected chi connectivity index (χ1v) is 6.34. The number of benzene rings is 1. The number of carbonyl (C=O) groups excluding carboxylic acids is 2. The third kappa shape index (κ3) is 3.30. The van der Waals surface area contributed by atoms with Gasteiger partial charge in [0.15, 0.2) is 6.10 Å². The molecule has 1 amide bonds. The molecular formula is C14H16FNO3. The molecule has 2 rings (SSSR count). The Bertz CT molecular complexity index is 485. The predicted molar refractivity (Wildman–Crippen MR) is 67.9 cm³/mol. The van der Waals surface area contributed by atoms with Gasteiger partial charge in [-0.2, -0.15) is 0 Å². The third-order valence-corrected chi connectivity index (χ3v) is 3.23. The smallest absolute Gasteiger partial charge is 0.309 e. The fourth-order valence-electron chi connectivity index (χ4n) is 1.76. The molecule has 102 valence electrons. The molecule has 0 bridgehead atoms. The molecule has 1 aromatic carbocycles. The Balaban J connectivity index is 1.88. The van der Waals surface area contributed by atoms with E-state index in [1.807, 2.05) is 0 Å². The average Bonchev–Trinajstić information content (AvgIpc) is 2.29. The number of para-hydroxylation sites is 1. The average molecular weight is 265 g/mol. The first-order valence-electron chi connectivity index (χ1n) is 6.34. The van der Waals surface area contributed by atoms with Gasteiger partial charge in [0, 0.05) is 0 Å². The maximum atomic E-state index is 13.3. The van der Waals surface area contributed by atoms with Crippen LogP contribution in [0.3, 0.4) is 0 Å². The van der Waals surface area contributed by atoms with Gasteiger partial charge in [0.05, 0.1) is 11.6 Å². The van der Waals surface area contributed by atoms with Gasteiger partial charge >= 0.3 is 5.97 Å². The Labute approximate surface area is 110 Å². The van der Waals surface area contributed by atoms with Crippen LogP contribution in [0.1, 0.15) is 26.2 Å². The normalized spacial score (nSPS) is 16.3. The fourth-order valence-corrected chi connectivity index (χ4v) is 1.76. The Morgan fingerprint density at radius 3 is 2.63 bits per heavy atom. The van der Waals surface area contributed by atoms with Crippen LogP contribution in [-0.4, -0.2) is 18.0 Å². The molecular weight excluding hydrogens is 249 g/mol. The number of anilines is 1. The molecule has 1 saturated carbocycles. The number of carbonyl (C=O) groups is 2. The summed E-state index contributed by atoms with van der Waals surface area (Å²) in [7, 11) is 0. The molecule has 1 atom stereocenters. The molecule has 1 aliphatic carbocycles. The Morgan fingerprint density at radius 1 is 1.37 bits per heavy atom. The van der Waals surface area contributed by atoms with Crippen molar-refractivity contribution in [2.24, 2.45) is 5.92 Å². The summed E-state index contributed by atoms with van der Waals surface area (Å²) in [6, 6.07) is 5.85. The zero-order valence-corrected chi connectivity index (χ0v) is 10.7. The summed E-state index contributed by atoms with van der Waals surface area (Å²) < 4.78 is 18.4. The van der Waals surface area contributed by atoms with E-state index in [-0.39, 0.29) is 17.6 Å². The minimum Gasteiger partial charge on any atom is -0.452 e. The fraction of sp³-hybridized carbons (Fsp3) is 0.429. The second-order valence-corrected chi connectivity index (χ2v) is 4.68. The summed E-state index contributed by atoms with van der Waals surface area (Å²) in [5.74, 6) is -1.47. The monoisotopic (exact) mass is 265 g/mol. The summed E-state index contributed by atoms with van der Waals surface area (Å²) in [5, 5.41) is 2.40.